The van der Waals surface area contributed by atoms with Crippen LogP contribution in [0.5, 0.6) is 34.5 Å². The van der Waals surface area contributed by atoms with Gasteiger partial charge in [0.2, 0.25) is 18.3 Å². The zero-order chi connectivity index (χ0) is 26.4. The normalized spacial score (nSPS) is 20.8. The Labute approximate surface area is 219 Å². The molecule has 2 atom stereocenters. The Morgan fingerprint density at radius 2 is 1.68 bits per heavy atom. The quantitative estimate of drug-likeness (QED) is 0.488. The molecular weight excluding hydrogens is 492 g/mol. The topological polar surface area (TPSA) is 102 Å². The van der Waals surface area contributed by atoms with Crippen LogP contribution in [0.15, 0.2) is 42.5 Å². The van der Waals surface area contributed by atoms with Gasteiger partial charge in [-0.2, -0.15) is 0 Å². The summed E-state index contributed by atoms with van der Waals surface area (Å²) in [6.07, 6.45) is 0.341. The van der Waals surface area contributed by atoms with Gasteiger partial charge in [-0.15, -0.1) is 0 Å². The molecule has 9 nitrogen and oxygen atoms in total. The number of rotatable bonds is 6. The third-order valence-electron chi connectivity index (χ3n) is 7.46. The van der Waals surface area contributed by atoms with Gasteiger partial charge in [0.1, 0.15) is 6.61 Å². The molecule has 2 aliphatic heterocycles. The summed E-state index contributed by atoms with van der Waals surface area (Å²) in [7, 11) is 4.65. The van der Waals surface area contributed by atoms with E-state index in [1.165, 1.54) is 7.11 Å². The lowest BCUT2D eigenvalue weighted by Gasteiger charge is -2.32. The first-order valence-electron chi connectivity index (χ1n) is 12.3. The lowest BCUT2D eigenvalue weighted by Crippen LogP contribution is -2.44. The van der Waals surface area contributed by atoms with Gasteiger partial charge < -0.3 is 38.3 Å². The summed E-state index contributed by atoms with van der Waals surface area (Å²) in [5.41, 5.74) is 2.00. The minimum atomic E-state index is -1.72. The molecule has 0 bridgehead atoms. The number of aliphatic hydroxyl groups is 1. The summed E-state index contributed by atoms with van der Waals surface area (Å²) in [5, 5.41) is 11.7. The number of hydrogen-bond acceptors (Lipinski definition) is 9. The van der Waals surface area contributed by atoms with Gasteiger partial charge in [-0.3, -0.25) is 0 Å². The molecule has 0 amide bonds. The van der Waals surface area contributed by atoms with E-state index in [1.807, 2.05) is 36.4 Å². The van der Waals surface area contributed by atoms with E-state index in [0.717, 1.165) is 16.7 Å². The van der Waals surface area contributed by atoms with Gasteiger partial charge in [0, 0.05) is 23.5 Å². The molecule has 2 heterocycles. The molecule has 0 spiro atoms. The highest BCUT2D eigenvalue weighted by molar-refractivity contribution is 5.91. The molecular formula is C29H28O9. The Hall–Kier alpha value is -4.11. The highest BCUT2D eigenvalue weighted by Crippen LogP contribution is 2.57. The van der Waals surface area contributed by atoms with Crippen molar-refractivity contribution in [2.45, 2.75) is 25.0 Å². The number of carbonyl (C=O) groups is 1. The number of carbonyl (C=O) groups excluding carboxylic acids is 1. The van der Waals surface area contributed by atoms with Crippen molar-refractivity contribution in [3.8, 4) is 45.6 Å². The molecule has 3 aromatic rings. The van der Waals surface area contributed by atoms with Crippen LogP contribution in [-0.2, 0) is 29.0 Å². The van der Waals surface area contributed by atoms with Gasteiger partial charge in [-0.05, 0) is 35.2 Å². The lowest BCUT2D eigenvalue weighted by molar-refractivity contribution is -0.154. The van der Waals surface area contributed by atoms with Crippen LogP contribution in [0.2, 0.25) is 0 Å². The van der Waals surface area contributed by atoms with Gasteiger partial charge in [0.05, 0.1) is 27.9 Å². The summed E-state index contributed by atoms with van der Waals surface area (Å²) >= 11 is 0. The maximum atomic E-state index is 12.8. The van der Waals surface area contributed by atoms with E-state index in [0.29, 0.717) is 52.0 Å². The molecule has 38 heavy (non-hydrogen) atoms. The number of fused-ring (bicyclic) bond motifs is 5. The Morgan fingerprint density at radius 1 is 0.921 bits per heavy atom. The van der Waals surface area contributed by atoms with Crippen LogP contribution >= 0.6 is 0 Å². The largest absolute Gasteiger partial charge is 0.493 e. The standard InChI is InChI=1S/C29H28O9/c1-32-20-11-18-12-29(31)19(14-36-28(29)30)9-17-10-21-25(38-15-37-21)26(33-2)22(17)23(18)27(34-3)24(20)35-13-16-7-5-4-6-8-16/h4-8,10-11,19,31H,9,12-15H2,1-3H3/t19-,29+/m1/s1. The molecule has 198 valence electrons. The molecule has 6 rings (SSSR count). The van der Waals surface area contributed by atoms with Crippen LogP contribution < -0.4 is 28.4 Å². The number of esters is 1. The second kappa shape index (κ2) is 9.33. The molecule has 1 saturated heterocycles. The van der Waals surface area contributed by atoms with Crippen molar-refractivity contribution in [2.75, 3.05) is 34.7 Å². The van der Waals surface area contributed by atoms with Crippen molar-refractivity contribution in [2.24, 2.45) is 5.92 Å². The number of cyclic esters (lactones) is 1. The Kier molecular flexibility index (Phi) is 5.95. The molecule has 0 unspecified atom stereocenters. The third-order valence-corrected chi connectivity index (χ3v) is 7.46. The number of ether oxygens (including phenoxy) is 7. The van der Waals surface area contributed by atoms with Crippen molar-refractivity contribution in [1.82, 2.24) is 0 Å². The average Bonchev–Trinajstić information content (AvgIpc) is 3.50. The molecule has 1 N–H and O–H groups in total. The second-order valence-corrected chi connectivity index (χ2v) is 9.53. The zero-order valence-corrected chi connectivity index (χ0v) is 21.4. The van der Waals surface area contributed by atoms with E-state index in [4.69, 9.17) is 33.2 Å². The summed E-state index contributed by atoms with van der Waals surface area (Å²) < 4.78 is 40.7. The van der Waals surface area contributed by atoms with E-state index in [2.05, 4.69) is 0 Å². The Bertz CT molecular complexity index is 1400. The fraction of sp³-hybridized carbons (Fsp3) is 0.345. The minimum absolute atomic E-state index is 0.00540. The molecule has 1 fully saturated rings. The second-order valence-electron chi connectivity index (χ2n) is 9.53. The minimum Gasteiger partial charge on any atom is -0.493 e. The van der Waals surface area contributed by atoms with E-state index < -0.39 is 17.5 Å². The van der Waals surface area contributed by atoms with E-state index in [9.17, 15) is 9.90 Å². The maximum absolute atomic E-state index is 12.8. The first kappa shape index (κ1) is 24.2. The van der Waals surface area contributed by atoms with Gasteiger partial charge in [0.25, 0.3) is 0 Å². The van der Waals surface area contributed by atoms with E-state index >= 15 is 0 Å². The molecule has 3 aliphatic rings. The predicted molar refractivity (Wildman–Crippen MR) is 135 cm³/mol. The summed E-state index contributed by atoms with van der Waals surface area (Å²) in [4.78, 5) is 12.8. The number of methoxy groups -OCH3 is 3. The van der Waals surface area contributed by atoms with Gasteiger partial charge in [-0.1, -0.05) is 30.3 Å². The fourth-order valence-electron chi connectivity index (χ4n) is 5.59. The average molecular weight is 521 g/mol. The van der Waals surface area contributed by atoms with Crippen molar-refractivity contribution in [1.29, 1.82) is 0 Å². The molecule has 0 aromatic heterocycles. The molecule has 1 aliphatic carbocycles. The maximum Gasteiger partial charge on any atom is 0.338 e. The smallest absolute Gasteiger partial charge is 0.338 e. The third kappa shape index (κ3) is 3.68. The highest BCUT2D eigenvalue weighted by Gasteiger charge is 2.53. The van der Waals surface area contributed by atoms with Crippen LogP contribution in [-0.4, -0.2) is 51.4 Å². The monoisotopic (exact) mass is 520 g/mol. The van der Waals surface area contributed by atoms with Gasteiger partial charge in [0.15, 0.2) is 28.6 Å². The van der Waals surface area contributed by atoms with Crippen molar-refractivity contribution < 1.29 is 43.1 Å². The summed E-state index contributed by atoms with van der Waals surface area (Å²) in [6.45, 7) is 0.435. The van der Waals surface area contributed by atoms with E-state index in [-0.39, 0.29) is 26.4 Å². The Morgan fingerprint density at radius 3 is 2.42 bits per heavy atom. The first-order valence-corrected chi connectivity index (χ1v) is 12.3. The highest BCUT2D eigenvalue weighted by atomic mass is 16.7. The number of benzene rings is 3. The number of hydrogen-bond donors (Lipinski definition) is 1. The van der Waals surface area contributed by atoms with Crippen LogP contribution in [0.25, 0.3) is 11.1 Å². The molecule has 0 saturated carbocycles. The summed E-state index contributed by atoms with van der Waals surface area (Å²) in [6, 6.07) is 13.4. The lowest BCUT2D eigenvalue weighted by atomic mass is 9.74. The van der Waals surface area contributed by atoms with Crippen LogP contribution in [0.4, 0.5) is 0 Å². The van der Waals surface area contributed by atoms with Crippen LogP contribution in [0.1, 0.15) is 16.7 Å². The fourth-order valence-corrected chi connectivity index (χ4v) is 5.59. The predicted octanol–water partition coefficient (Wildman–Crippen LogP) is 3.69. The van der Waals surface area contributed by atoms with Gasteiger partial charge in [-0.25, -0.2) is 4.79 Å². The molecule has 0 radical (unpaired) electrons. The van der Waals surface area contributed by atoms with E-state index in [1.54, 1.807) is 20.3 Å². The Balaban J connectivity index is 1.62. The molecule has 3 aromatic carbocycles. The SMILES string of the molecule is COc1cc2c(c(OC)c1OCc1ccccc1)-c1c(cc3c(c1OC)OCO3)C[C@@H]1COC(=O)[C@]1(O)C2. The molecule has 9 heteroatoms. The van der Waals surface area contributed by atoms with Crippen LogP contribution in [0, 0.1) is 5.92 Å². The van der Waals surface area contributed by atoms with Crippen molar-refractivity contribution in [3.05, 3.63) is 59.2 Å². The zero-order valence-electron chi connectivity index (χ0n) is 21.4. The summed E-state index contributed by atoms with van der Waals surface area (Å²) in [5.74, 6) is 1.56. The van der Waals surface area contributed by atoms with Gasteiger partial charge >= 0.3 is 5.97 Å². The van der Waals surface area contributed by atoms with Crippen molar-refractivity contribution in [3.63, 3.8) is 0 Å². The first-order chi connectivity index (χ1) is 18.5. The van der Waals surface area contributed by atoms with Crippen LogP contribution in [0.3, 0.4) is 0 Å². The van der Waals surface area contributed by atoms with Crippen molar-refractivity contribution >= 4 is 5.97 Å².